The molecular formula is C15H24N2O2. The Hall–Kier alpha value is -1.71. The minimum absolute atomic E-state index is 0.181. The summed E-state index contributed by atoms with van der Waals surface area (Å²) in [4.78, 5) is 13.3. The van der Waals surface area contributed by atoms with Crippen molar-refractivity contribution in [2.24, 2.45) is 5.92 Å². The third-order valence-electron chi connectivity index (χ3n) is 3.65. The minimum atomic E-state index is -0.974. The molecule has 1 rings (SSSR count). The molecule has 0 aliphatic heterocycles. The molecule has 4 heteroatoms. The van der Waals surface area contributed by atoms with Crippen molar-refractivity contribution in [2.45, 2.75) is 33.6 Å². The van der Waals surface area contributed by atoms with Gasteiger partial charge >= 0.3 is 5.97 Å². The van der Waals surface area contributed by atoms with E-state index in [1.54, 1.807) is 12.1 Å². The molecule has 0 saturated heterocycles. The summed E-state index contributed by atoms with van der Waals surface area (Å²) >= 11 is 0. The molecule has 1 aromatic rings. The quantitative estimate of drug-likeness (QED) is 0.742. The summed E-state index contributed by atoms with van der Waals surface area (Å²) in [6, 6.07) is 5.24. The zero-order valence-corrected chi connectivity index (χ0v) is 12.0. The van der Waals surface area contributed by atoms with Crippen LogP contribution >= 0.6 is 0 Å². The molecule has 19 heavy (non-hydrogen) atoms. The maximum atomic E-state index is 11.1. The molecule has 0 aliphatic rings. The summed E-state index contributed by atoms with van der Waals surface area (Å²) in [5.74, 6) is -0.344. The van der Waals surface area contributed by atoms with Crippen LogP contribution in [-0.2, 0) is 0 Å². The van der Waals surface area contributed by atoms with Gasteiger partial charge in [-0.15, -0.1) is 0 Å². The molecule has 0 spiro atoms. The summed E-state index contributed by atoms with van der Waals surface area (Å²) in [5, 5.41) is 9.12. The number of rotatable bonds is 7. The Morgan fingerprint density at radius 1 is 1.32 bits per heavy atom. The number of anilines is 2. The Balaban J connectivity index is 2.98. The maximum absolute atomic E-state index is 11.1. The number of carboxylic acid groups (broad SMARTS) is 1. The first-order valence-electron chi connectivity index (χ1n) is 6.91. The zero-order valence-electron chi connectivity index (χ0n) is 12.0. The molecule has 0 aliphatic carbocycles. The van der Waals surface area contributed by atoms with E-state index >= 15 is 0 Å². The first-order chi connectivity index (χ1) is 9.03. The molecule has 0 unspecified atom stereocenters. The first-order valence-corrected chi connectivity index (χ1v) is 6.91. The number of aromatic carboxylic acids is 1. The summed E-state index contributed by atoms with van der Waals surface area (Å²) in [6.45, 7) is 8.27. The van der Waals surface area contributed by atoms with Gasteiger partial charge in [0.1, 0.15) is 0 Å². The van der Waals surface area contributed by atoms with Gasteiger partial charge in [0, 0.05) is 24.5 Å². The Labute approximate surface area is 115 Å². The second-order valence-electron chi connectivity index (χ2n) is 4.80. The van der Waals surface area contributed by atoms with Crippen molar-refractivity contribution in [3.05, 3.63) is 23.8 Å². The molecule has 0 bridgehead atoms. The summed E-state index contributed by atoms with van der Waals surface area (Å²) < 4.78 is 0. The van der Waals surface area contributed by atoms with Gasteiger partial charge in [-0.3, -0.25) is 0 Å². The lowest BCUT2D eigenvalue weighted by Crippen LogP contribution is -2.29. The lowest BCUT2D eigenvalue weighted by atomic mass is 10.0. The van der Waals surface area contributed by atoms with Crippen LogP contribution in [0.1, 0.15) is 44.0 Å². The van der Waals surface area contributed by atoms with Crippen molar-refractivity contribution in [3.8, 4) is 0 Å². The summed E-state index contributed by atoms with van der Waals surface area (Å²) in [7, 11) is 0. The average Bonchev–Trinajstić information content (AvgIpc) is 2.41. The highest BCUT2D eigenvalue weighted by molar-refractivity contribution is 5.94. The monoisotopic (exact) mass is 264 g/mol. The van der Waals surface area contributed by atoms with Crippen LogP contribution in [-0.4, -0.2) is 24.2 Å². The molecule has 1 aromatic carbocycles. The van der Waals surface area contributed by atoms with Crippen molar-refractivity contribution in [3.63, 3.8) is 0 Å². The summed E-state index contributed by atoms with van der Waals surface area (Å²) in [6.07, 6.45) is 2.27. The number of carbonyl (C=O) groups is 1. The fraction of sp³-hybridized carbons (Fsp3) is 0.533. The minimum Gasteiger partial charge on any atom is -0.478 e. The van der Waals surface area contributed by atoms with E-state index in [1.807, 2.05) is 6.07 Å². The molecule has 106 valence electrons. The van der Waals surface area contributed by atoms with Crippen LogP contribution in [0.25, 0.3) is 0 Å². The Morgan fingerprint density at radius 3 is 2.42 bits per heavy atom. The molecule has 0 aromatic heterocycles. The maximum Gasteiger partial charge on any atom is 0.337 e. The third-order valence-corrected chi connectivity index (χ3v) is 3.65. The fourth-order valence-electron chi connectivity index (χ4n) is 2.20. The van der Waals surface area contributed by atoms with Gasteiger partial charge in [0.15, 0.2) is 0 Å². The number of nitrogens with two attached hydrogens (primary N) is 1. The number of nitrogen functional groups attached to an aromatic ring is 1. The SMILES string of the molecule is CCC(CC)CN(CC)c1ccc(N)c(C(=O)O)c1. The van der Waals surface area contributed by atoms with Crippen molar-refractivity contribution < 1.29 is 9.90 Å². The van der Waals surface area contributed by atoms with E-state index in [9.17, 15) is 4.79 Å². The largest absolute Gasteiger partial charge is 0.478 e. The lowest BCUT2D eigenvalue weighted by molar-refractivity contribution is 0.0698. The normalized spacial score (nSPS) is 10.7. The first kappa shape index (κ1) is 15.3. The van der Waals surface area contributed by atoms with Crippen LogP contribution in [0.5, 0.6) is 0 Å². The van der Waals surface area contributed by atoms with E-state index in [1.165, 1.54) is 0 Å². The van der Waals surface area contributed by atoms with Crippen LogP contribution < -0.4 is 10.6 Å². The fourth-order valence-corrected chi connectivity index (χ4v) is 2.20. The van der Waals surface area contributed by atoms with Crippen LogP contribution in [0.15, 0.2) is 18.2 Å². The second kappa shape index (κ2) is 7.02. The van der Waals surface area contributed by atoms with Crippen LogP contribution in [0.4, 0.5) is 11.4 Å². The molecular weight excluding hydrogens is 240 g/mol. The highest BCUT2D eigenvalue weighted by atomic mass is 16.4. The molecule has 0 amide bonds. The van der Waals surface area contributed by atoms with E-state index in [0.717, 1.165) is 31.6 Å². The molecule has 0 atom stereocenters. The molecule has 0 saturated carbocycles. The number of nitrogens with zero attached hydrogens (tertiary/aromatic N) is 1. The van der Waals surface area contributed by atoms with Crippen LogP contribution in [0.3, 0.4) is 0 Å². The van der Waals surface area contributed by atoms with E-state index in [4.69, 9.17) is 10.8 Å². The van der Waals surface area contributed by atoms with E-state index in [2.05, 4.69) is 25.7 Å². The topological polar surface area (TPSA) is 66.6 Å². The predicted octanol–water partition coefficient (Wildman–Crippen LogP) is 3.23. The van der Waals surface area contributed by atoms with Crippen molar-refractivity contribution >= 4 is 17.3 Å². The Morgan fingerprint density at radius 2 is 1.95 bits per heavy atom. The number of hydrogen-bond donors (Lipinski definition) is 2. The van der Waals surface area contributed by atoms with Gasteiger partial charge < -0.3 is 15.7 Å². The Bertz CT molecular complexity index is 428. The van der Waals surface area contributed by atoms with E-state index in [-0.39, 0.29) is 5.56 Å². The smallest absolute Gasteiger partial charge is 0.337 e. The standard InChI is InChI=1S/C15H24N2O2/c1-4-11(5-2)10-17(6-3)12-7-8-14(16)13(9-12)15(18)19/h7-9,11H,4-6,10,16H2,1-3H3,(H,18,19). The number of hydrogen-bond acceptors (Lipinski definition) is 3. The number of benzene rings is 1. The highest BCUT2D eigenvalue weighted by Crippen LogP contribution is 2.23. The molecule has 4 nitrogen and oxygen atoms in total. The van der Waals surface area contributed by atoms with Crippen LogP contribution in [0.2, 0.25) is 0 Å². The summed E-state index contributed by atoms with van der Waals surface area (Å²) in [5.41, 5.74) is 7.11. The molecule has 3 N–H and O–H groups in total. The Kier molecular flexibility index (Phi) is 5.67. The second-order valence-corrected chi connectivity index (χ2v) is 4.80. The average molecular weight is 264 g/mol. The van der Waals surface area contributed by atoms with Crippen molar-refractivity contribution in [1.29, 1.82) is 0 Å². The molecule has 0 fully saturated rings. The van der Waals surface area contributed by atoms with Gasteiger partial charge in [-0.1, -0.05) is 26.7 Å². The van der Waals surface area contributed by atoms with Crippen molar-refractivity contribution in [1.82, 2.24) is 0 Å². The van der Waals surface area contributed by atoms with Gasteiger partial charge in [0.25, 0.3) is 0 Å². The van der Waals surface area contributed by atoms with E-state index < -0.39 is 5.97 Å². The van der Waals surface area contributed by atoms with Gasteiger partial charge in [-0.05, 0) is 31.0 Å². The van der Waals surface area contributed by atoms with Gasteiger partial charge in [0.2, 0.25) is 0 Å². The van der Waals surface area contributed by atoms with Gasteiger partial charge in [-0.25, -0.2) is 4.79 Å². The number of carboxylic acids is 1. The highest BCUT2D eigenvalue weighted by Gasteiger charge is 2.14. The van der Waals surface area contributed by atoms with Gasteiger partial charge in [0.05, 0.1) is 5.56 Å². The van der Waals surface area contributed by atoms with E-state index in [0.29, 0.717) is 11.6 Å². The van der Waals surface area contributed by atoms with Gasteiger partial charge in [-0.2, -0.15) is 0 Å². The third kappa shape index (κ3) is 3.88. The van der Waals surface area contributed by atoms with Crippen LogP contribution in [0, 0.1) is 5.92 Å². The molecule has 0 radical (unpaired) electrons. The lowest BCUT2D eigenvalue weighted by Gasteiger charge is -2.27. The zero-order chi connectivity index (χ0) is 14.4. The predicted molar refractivity (Wildman–Crippen MR) is 79.8 cm³/mol. The van der Waals surface area contributed by atoms with Crippen molar-refractivity contribution in [2.75, 3.05) is 23.7 Å². The molecule has 0 heterocycles.